The van der Waals surface area contributed by atoms with E-state index < -0.39 is 0 Å². The van der Waals surface area contributed by atoms with Crippen LogP contribution in [0.3, 0.4) is 0 Å². The number of rotatable bonds is 2. The standard InChI is InChI=1S/C14H18FN3O/c15-11-6-9(3-4-12(11)16)8-18-5-1-2-10-13(18)7-17-14(10)19/h3-4,6,10,13H,1-2,5,7-8,16H2,(H,17,19). The average molecular weight is 263 g/mol. The SMILES string of the molecule is Nc1ccc(CN2CCCC3C(=O)NCC32)cc1F. The van der Waals surface area contributed by atoms with E-state index in [0.717, 1.165) is 24.9 Å². The number of nitrogen functional groups attached to an aromatic ring is 1. The first-order valence-electron chi connectivity index (χ1n) is 6.71. The van der Waals surface area contributed by atoms with Crippen molar-refractivity contribution in [3.05, 3.63) is 29.6 Å². The lowest BCUT2D eigenvalue weighted by molar-refractivity contribution is -0.124. The monoisotopic (exact) mass is 263 g/mol. The van der Waals surface area contributed by atoms with E-state index >= 15 is 0 Å². The number of halogens is 1. The molecule has 19 heavy (non-hydrogen) atoms. The van der Waals surface area contributed by atoms with Crippen molar-refractivity contribution >= 4 is 11.6 Å². The van der Waals surface area contributed by atoms with Gasteiger partial charge in [0.15, 0.2) is 0 Å². The largest absolute Gasteiger partial charge is 0.396 e. The maximum absolute atomic E-state index is 13.5. The van der Waals surface area contributed by atoms with Gasteiger partial charge in [-0.1, -0.05) is 6.07 Å². The van der Waals surface area contributed by atoms with Gasteiger partial charge >= 0.3 is 0 Å². The highest BCUT2D eigenvalue weighted by atomic mass is 19.1. The smallest absolute Gasteiger partial charge is 0.224 e. The average Bonchev–Trinajstić information content (AvgIpc) is 2.77. The Morgan fingerprint density at radius 3 is 3.11 bits per heavy atom. The van der Waals surface area contributed by atoms with Gasteiger partial charge in [0.25, 0.3) is 0 Å². The molecule has 3 N–H and O–H groups in total. The summed E-state index contributed by atoms with van der Waals surface area (Å²) in [6.45, 7) is 2.34. The van der Waals surface area contributed by atoms with Gasteiger partial charge in [-0.15, -0.1) is 0 Å². The molecule has 2 heterocycles. The first-order chi connectivity index (χ1) is 9.15. The topological polar surface area (TPSA) is 58.4 Å². The third-order valence-electron chi connectivity index (χ3n) is 4.17. The summed E-state index contributed by atoms with van der Waals surface area (Å²) in [5.74, 6) is -0.0998. The predicted octanol–water partition coefficient (Wildman–Crippen LogP) is 1.12. The molecule has 2 fully saturated rings. The van der Waals surface area contributed by atoms with Crippen LogP contribution in [0.25, 0.3) is 0 Å². The minimum absolute atomic E-state index is 0.104. The van der Waals surface area contributed by atoms with E-state index in [9.17, 15) is 9.18 Å². The molecule has 0 radical (unpaired) electrons. The lowest BCUT2D eigenvalue weighted by Crippen LogP contribution is -2.44. The fourth-order valence-electron chi connectivity index (χ4n) is 3.14. The summed E-state index contributed by atoms with van der Waals surface area (Å²) in [5.41, 5.74) is 6.57. The zero-order valence-corrected chi connectivity index (χ0v) is 10.7. The molecule has 2 aliphatic heterocycles. The highest BCUT2D eigenvalue weighted by Gasteiger charge is 2.40. The molecule has 0 aliphatic carbocycles. The van der Waals surface area contributed by atoms with E-state index in [4.69, 9.17) is 5.73 Å². The minimum Gasteiger partial charge on any atom is -0.396 e. The predicted molar refractivity (Wildman–Crippen MR) is 70.7 cm³/mol. The molecule has 2 aliphatic rings. The van der Waals surface area contributed by atoms with E-state index in [2.05, 4.69) is 10.2 Å². The van der Waals surface area contributed by atoms with Crippen LogP contribution in [-0.2, 0) is 11.3 Å². The van der Waals surface area contributed by atoms with Gasteiger partial charge in [0.2, 0.25) is 5.91 Å². The van der Waals surface area contributed by atoms with Crippen molar-refractivity contribution in [1.82, 2.24) is 10.2 Å². The number of carbonyl (C=O) groups is 1. The number of nitrogens with zero attached hydrogens (tertiary/aromatic N) is 1. The third-order valence-corrected chi connectivity index (χ3v) is 4.17. The first kappa shape index (κ1) is 12.4. The van der Waals surface area contributed by atoms with Crippen LogP contribution in [0.4, 0.5) is 10.1 Å². The summed E-state index contributed by atoms with van der Waals surface area (Å²) in [6, 6.07) is 5.20. The molecule has 0 spiro atoms. The zero-order chi connectivity index (χ0) is 13.4. The number of carbonyl (C=O) groups excluding carboxylic acids is 1. The number of piperidine rings is 1. The molecule has 4 nitrogen and oxygen atoms in total. The number of amides is 1. The van der Waals surface area contributed by atoms with Crippen molar-refractivity contribution in [3.63, 3.8) is 0 Å². The quantitative estimate of drug-likeness (QED) is 0.786. The van der Waals surface area contributed by atoms with Crippen LogP contribution in [0.5, 0.6) is 0 Å². The van der Waals surface area contributed by atoms with Gasteiger partial charge in [0, 0.05) is 19.1 Å². The second kappa shape index (κ2) is 4.81. The first-order valence-corrected chi connectivity index (χ1v) is 6.71. The van der Waals surface area contributed by atoms with Crippen LogP contribution in [0, 0.1) is 11.7 Å². The summed E-state index contributed by atoms with van der Waals surface area (Å²) in [4.78, 5) is 14.0. The van der Waals surface area contributed by atoms with Gasteiger partial charge in [-0.05, 0) is 37.1 Å². The highest BCUT2D eigenvalue weighted by Crippen LogP contribution is 2.28. The number of nitrogens with one attached hydrogen (secondary N) is 1. The molecule has 5 heteroatoms. The number of hydrogen-bond acceptors (Lipinski definition) is 3. The third kappa shape index (κ3) is 2.30. The van der Waals surface area contributed by atoms with Crippen LogP contribution in [0.1, 0.15) is 18.4 Å². The Kier molecular flexibility index (Phi) is 3.14. The maximum Gasteiger partial charge on any atom is 0.224 e. The Bertz CT molecular complexity index is 505. The van der Waals surface area contributed by atoms with Gasteiger partial charge in [-0.25, -0.2) is 4.39 Å². The molecule has 1 aromatic rings. The molecule has 2 unspecified atom stereocenters. The molecule has 1 amide bonds. The molecular formula is C14H18FN3O. The van der Waals surface area contributed by atoms with Crippen molar-refractivity contribution < 1.29 is 9.18 Å². The van der Waals surface area contributed by atoms with Gasteiger partial charge in [-0.3, -0.25) is 9.69 Å². The van der Waals surface area contributed by atoms with Crippen molar-refractivity contribution in [2.24, 2.45) is 5.92 Å². The fourth-order valence-corrected chi connectivity index (χ4v) is 3.14. The number of benzene rings is 1. The number of hydrogen-bond donors (Lipinski definition) is 2. The molecule has 0 bridgehead atoms. The normalized spacial score (nSPS) is 27.1. The van der Waals surface area contributed by atoms with Crippen LogP contribution < -0.4 is 11.1 Å². The Hall–Kier alpha value is -1.62. The van der Waals surface area contributed by atoms with Crippen molar-refractivity contribution in [3.8, 4) is 0 Å². The summed E-state index contributed by atoms with van der Waals surface area (Å²) < 4.78 is 13.5. The Morgan fingerprint density at radius 2 is 2.32 bits per heavy atom. The van der Waals surface area contributed by atoms with Gasteiger partial charge in [0.05, 0.1) is 11.6 Å². The van der Waals surface area contributed by atoms with Crippen LogP contribution >= 0.6 is 0 Å². The van der Waals surface area contributed by atoms with Crippen molar-refractivity contribution in [2.75, 3.05) is 18.8 Å². The maximum atomic E-state index is 13.5. The molecule has 0 saturated carbocycles. The zero-order valence-electron chi connectivity index (χ0n) is 10.7. The lowest BCUT2D eigenvalue weighted by atomic mass is 9.91. The van der Waals surface area contributed by atoms with E-state index in [0.29, 0.717) is 13.1 Å². The van der Waals surface area contributed by atoms with E-state index in [1.54, 1.807) is 6.07 Å². The number of anilines is 1. The van der Waals surface area contributed by atoms with Crippen LogP contribution in [0.15, 0.2) is 18.2 Å². The van der Waals surface area contributed by atoms with Crippen LogP contribution in [0.2, 0.25) is 0 Å². The van der Waals surface area contributed by atoms with Gasteiger partial charge < -0.3 is 11.1 Å². The van der Waals surface area contributed by atoms with Gasteiger partial charge in [0.1, 0.15) is 5.82 Å². The minimum atomic E-state index is -0.369. The molecular weight excluding hydrogens is 245 g/mol. The van der Waals surface area contributed by atoms with E-state index in [1.807, 2.05) is 6.07 Å². The van der Waals surface area contributed by atoms with Crippen LogP contribution in [-0.4, -0.2) is 29.9 Å². The molecule has 0 aromatic heterocycles. The number of nitrogens with two attached hydrogens (primary N) is 1. The van der Waals surface area contributed by atoms with Gasteiger partial charge in [-0.2, -0.15) is 0 Å². The van der Waals surface area contributed by atoms with E-state index in [-0.39, 0.29) is 29.4 Å². The highest BCUT2D eigenvalue weighted by molar-refractivity contribution is 5.82. The molecule has 102 valence electrons. The molecule has 2 atom stereocenters. The Morgan fingerprint density at radius 1 is 1.47 bits per heavy atom. The summed E-state index contributed by atoms with van der Waals surface area (Å²) in [7, 11) is 0. The lowest BCUT2D eigenvalue weighted by Gasteiger charge is -2.35. The Labute approximate surface area is 111 Å². The van der Waals surface area contributed by atoms with E-state index in [1.165, 1.54) is 6.07 Å². The summed E-state index contributed by atoms with van der Waals surface area (Å²) in [5, 5.41) is 2.92. The Balaban J connectivity index is 1.75. The second-order valence-corrected chi connectivity index (χ2v) is 5.39. The van der Waals surface area contributed by atoms with Crippen molar-refractivity contribution in [1.29, 1.82) is 0 Å². The number of likely N-dealkylation sites (tertiary alicyclic amines) is 1. The molecule has 2 saturated heterocycles. The summed E-state index contributed by atoms with van der Waals surface area (Å²) in [6.07, 6.45) is 1.98. The number of fused-ring (bicyclic) bond motifs is 1. The molecule has 3 rings (SSSR count). The fraction of sp³-hybridized carbons (Fsp3) is 0.500. The molecule has 1 aromatic carbocycles. The second-order valence-electron chi connectivity index (χ2n) is 5.39. The van der Waals surface area contributed by atoms with Crippen molar-refractivity contribution in [2.45, 2.75) is 25.4 Å². The summed E-state index contributed by atoms with van der Waals surface area (Å²) >= 11 is 0.